The van der Waals surface area contributed by atoms with Crippen LogP contribution in [0, 0.1) is 12.3 Å². The van der Waals surface area contributed by atoms with E-state index in [-0.39, 0.29) is 24.1 Å². The van der Waals surface area contributed by atoms with Gasteiger partial charge in [0, 0.05) is 44.3 Å². The van der Waals surface area contributed by atoms with Crippen LogP contribution in [0.15, 0.2) is 78.8 Å². The smallest absolute Gasteiger partial charge is 0.312 e. The highest BCUT2D eigenvalue weighted by atomic mass is 16.5. The highest BCUT2D eigenvalue weighted by molar-refractivity contribution is 5.77. The molecule has 7 heteroatoms. The summed E-state index contributed by atoms with van der Waals surface area (Å²) in [6.45, 7) is 15.7. The zero-order valence-corrected chi connectivity index (χ0v) is 26.7. The fourth-order valence-corrected chi connectivity index (χ4v) is 5.81. The lowest BCUT2D eigenvalue weighted by Crippen LogP contribution is -2.40. The maximum absolute atomic E-state index is 13.7. The van der Waals surface area contributed by atoms with Crippen LogP contribution >= 0.6 is 0 Å². The minimum atomic E-state index is -0.777. The molecule has 2 aromatic carbocycles. The molecule has 1 aliphatic rings. The molecule has 43 heavy (non-hydrogen) atoms. The van der Waals surface area contributed by atoms with Crippen molar-refractivity contribution in [2.24, 2.45) is 11.1 Å². The number of fused-ring (bicyclic) bond motifs is 1. The van der Waals surface area contributed by atoms with Crippen molar-refractivity contribution < 1.29 is 14.3 Å². The number of hydrogen-bond acceptors (Lipinski definition) is 7. The van der Waals surface area contributed by atoms with E-state index in [0.29, 0.717) is 19.4 Å². The van der Waals surface area contributed by atoms with Gasteiger partial charge in [0.05, 0.1) is 11.1 Å². The number of carbonyl (C=O) groups excluding carboxylic acids is 1. The average Bonchev–Trinajstić information content (AvgIpc) is 3.10. The predicted molar refractivity (Wildman–Crippen MR) is 172 cm³/mol. The van der Waals surface area contributed by atoms with E-state index in [1.807, 2.05) is 75.6 Å². The first-order chi connectivity index (χ1) is 20.5. The molecule has 1 aliphatic heterocycles. The van der Waals surface area contributed by atoms with Gasteiger partial charge in [-0.15, -0.1) is 0 Å². The number of nitrogens with zero attached hydrogens (tertiary/aromatic N) is 2. The van der Waals surface area contributed by atoms with E-state index < -0.39 is 5.41 Å². The van der Waals surface area contributed by atoms with Crippen molar-refractivity contribution in [1.29, 1.82) is 0 Å². The standard InChI is InChI=1S/C36H48N4O3/c1-7-38-21-30(37)17-18-31(36(5,6)34(41)42-24-27-12-9-8-10-13-27)28-16-15-26(2)29(20-28)22-40-23-32-33(14-11-19-39-32)43-35(3,4)25-40/h8-16,19-21,31,38H,7,17-18,22-25,37H2,1-6H3/b30-21-. The van der Waals surface area contributed by atoms with Gasteiger partial charge >= 0.3 is 5.97 Å². The van der Waals surface area contributed by atoms with Gasteiger partial charge in [-0.25, -0.2) is 0 Å². The monoisotopic (exact) mass is 584 g/mol. The molecule has 230 valence electrons. The first kappa shape index (κ1) is 32.1. The SMILES string of the molecule is CCN/C=C(\N)CCC(c1ccc(C)c(CN2Cc3ncccc3OC(C)(C)C2)c1)C(C)(C)C(=O)OCc1ccccc1. The number of aryl methyl sites for hydroxylation is 1. The minimum Gasteiger partial charge on any atom is -0.485 e. The Hall–Kier alpha value is -3.84. The number of nitrogens with two attached hydrogens (primary N) is 1. The van der Waals surface area contributed by atoms with E-state index in [1.165, 1.54) is 11.1 Å². The normalized spacial score (nSPS) is 16.0. The van der Waals surface area contributed by atoms with E-state index in [4.69, 9.17) is 15.2 Å². The summed E-state index contributed by atoms with van der Waals surface area (Å²) in [5.74, 6) is 0.529. The first-order valence-electron chi connectivity index (χ1n) is 15.3. The predicted octanol–water partition coefficient (Wildman–Crippen LogP) is 6.61. The molecule has 1 unspecified atom stereocenters. The summed E-state index contributed by atoms with van der Waals surface area (Å²) in [6, 6.07) is 20.3. The van der Waals surface area contributed by atoms with Crippen molar-refractivity contribution in [2.45, 2.75) is 85.6 Å². The van der Waals surface area contributed by atoms with Crippen molar-refractivity contribution in [1.82, 2.24) is 15.2 Å². The van der Waals surface area contributed by atoms with Crippen molar-refractivity contribution in [3.63, 3.8) is 0 Å². The highest BCUT2D eigenvalue weighted by Gasteiger charge is 2.39. The molecule has 7 nitrogen and oxygen atoms in total. The topological polar surface area (TPSA) is 89.7 Å². The largest absolute Gasteiger partial charge is 0.485 e. The number of rotatable bonds is 12. The summed E-state index contributed by atoms with van der Waals surface area (Å²) in [4.78, 5) is 20.7. The number of allylic oxidation sites excluding steroid dienone is 1. The van der Waals surface area contributed by atoms with E-state index in [1.54, 1.807) is 0 Å². The summed E-state index contributed by atoms with van der Waals surface area (Å²) >= 11 is 0. The lowest BCUT2D eigenvalue weighted by Gasteiger charge is -2.34. The maximum Gasteiger partial charge on any atom is 0.312 e. The molecule has 3 aromatic rings. The van der Waals surface area contributed by atoms with Crippen molar-refractivity contribution in [3.8, 4) is 5.75 Å². The zero-order chi connectivity index (χ0) is 31.0. The Morgan fingerprint density at radius 3 is 2.70 bits per heavy atom. The van der Waals surface area contributed by atoms with Crippen LogP contribution < -0.4 is 15.8 Å². The molecular weight excluding hydrogens is 536 g/mol. The molecule has 0 saturated carbocycles. The van der Waals surface area contributed by atoms with Crippen molar-refractivity contribution >= 4 is 5.97 Å². The second-order valence-corrected chi connectivity index (χ2v) is 12.8. The van der Waals surface area contributed by atoms with Crippen LogP contribution in [-0.4, -0.2) is 34.5 Å². The molecule has 3 N–H and O–H groups in total. The Morgan fingerprint density at radius 1 is 1.19 bits per heavy atom. The number of pyridine rings is 1. The lowest BCUT2D eigenvalue weighted by atomic mass is 9.72. The van der Waals surface area contributed by atoms with E-state index >= 15 is 0 Å². The quantitative estimate of drug-likeness (QED) is 0.232. The van der Waals surface area contributed by atoms with Gasteiger partial charge < -0.3 is 20.5 Å². The van der Waals surface area contributed by atoms with Gasteiger partial charge in [0.25, 0.3) is 0 Å². The van der Waals surface area contributed by atoms with Crippen LogP contribution in [0.5, 0.6) is 5.75 Å². The molecule has 0 aliphatic carbocycles. The van der Waals surface area contributed by atoms with Gasteiger partial charge in [-0.3, -0.25) is 14.7 Å². The van der Waals surface area contributed by atoms with Crippen LogP contribution in [-0.2, 0) is 29.2 Å². The van der Waals surface area contributed by atoms with Crippen LogP contribution in [0.4, 0.5) is 0 Å². The Kier molecular flexibility index (Phi) is 10.5. The molecule has 0 spiro atoms. The number of carbonyl (C=O) groups is 1. The summed E-state index contributed by atoms with van der Waals surface area (Å²) in [6.07, 6.45) is 5.07. The Morgan fingerprint density at radius 2 is 1.95 bits per heavy atom. The minimum absolute atomic E-state index is 0.102. The first-order valence-corrected chi connectivity index (χ1v) is 15.3. The highest BCUT2D eigenvalue weighted by Crippen LogP contribution is 2.41. The Labute approximate surface area is 257 Å². The van der Waals surface area contributed by atoms with Gasteiger partial charge in [-0.1, -0.05) is 48.5 Å². The molecular formula is C36H48N4O3. The number of esters is 1. The summed E-state index contributed by atoms with van der Waals surface area (Å²) < 4.78 is 12.2. The van der Waals surface area contributed by atoms with E-state index in [0.717, 1.165) is 47.9 Å². The van der Waals surface area contributed by atoms with Crippen LogP contribution in [0.25, 0.3) is 0 Å². The van der Waals surface area contributed by atoms with Crippen molar-refractivity contribution in [3.05, 3.63) is 107 Å². The molecule has 2 heterocycles. The molecule has 1 atom stereocenters. The van der Waals surface area contributed by atoms with Crippen LogP contribution in [0.1, 0.15) is 81.3 Å². The molecule has 0 fully saturated rings. The van der Waals surface area contributed by atoms with Gasteiger partial charge in [0.1, 0.15) is 18.0 Å². The van der Waals surface area contributed by atoms with E-state index in [9.17, 15) is 4.79 Å². The number of aromatic nitrogens is 1. The molecule has 0 radical (unpaired) electrons. The van der Waals surface area contributed by atoms with Crippen LogP contribution in [0.2, 0.25) is 0 Å². The third-order valence-corrected chi connectivity index (χ3v) is 8.21. The molecule has 0 amide bonds. The second-order valence-electron chi connectivity index (χ2n) is 12.8. The number of ether oxygens (including phenoxy) is 2. The van der Waals surface area contributed by atoms with Gasteiger partial charge in [-0.05, 0) is 94.7 Å². The second kappa shape index (κ2) is 14.1. The fraction of sp³-hybridized carbons (Fsp3) is 0.444. The summed E-state index contributed by atoms with van der Waals surface area (Å²) in [5, 5.41) is 3.19. The summed E-state index contributed by atoms with van der Waals surface area (Å²) in [5.41, 5.74) is 11.5. The number of nitrogens with one attached hydrogen (secondary N) is 1. The molecule has 1 aromatic heterocycles. The zero-order valence-electron chi connectivity index (χ0n) is 26.7. The van der Waals surface area contributed by atoms with Gasteiger partial charge in [-0.2, -0.15) is 0 Å². The Bertz CT molecular complexity index is 1400. The maximum atomic E-state index is 13.7. The number of benzene rings is 2. The third-order valence-electron chi connectivity index (χ3n) is 8.21. The number of hydrogen-bond donors (Lipinski definition) is 2. The summed E-state index contributed by atoms with van der Waals surface area (Å²) in [7, 11) is 0. The van der Waals surface area contributed by atoms with Gasteiger partial charge in [0.15, 0.2) is 0 Å². The van der Waals surface area contributed by atoms with E-state index in [2.05, 4.69) is 54.2 Å². The third kappa shape index (κ3) is 8.60. The lowest BCUT2D eigenvalue weighted by molar-refractivity contribution is -0.156. The van der Waals surface area contributed by atoms with Gasteiger partial charge in [0.2, 0.25) is 0 Å². The molecule has 4 rings (SSSR count). The molecule has 0 bridgehead atoms. The van der Waals surface area contributed by atoms with Crippen molar-refractivity contribution in [2.75, 3.05) is 13.1 Å². The average molecular weight is 585 g/mol. The fourth-order valence-electron chi connectivity index (χ4n) is 5.81. The Balaban J connectivity index is 1.61. The van der Waals surface area contributed by atoms with Crippen LogP contribution in [0.3, 0.4) is 0 Å². The molecule has 0 saturated heterocycles.